The van der Waals surface area contributed by atoms with Gasteiger partial charge >= 0.3 is 5.97 Å². The maximum Gasteiger partial charge on any atom is 0.337 e. The number of carboxylic acids is 1. The highest BCUT2D eigenvalue weighted by Crippen LogP contribution is 2.23. The summed E-state index contributed by atoms with van der Waals surface area (Å²) in [4.78, 5) is 14.4. The monoisotopic (exact) mass is 346 g/mol. The molecule has 6 nitrogen and oxygen atoms in total. The fourth-order valence-corrected chi connectivity index (χ4v) is 3.09. The van der Waals surface area contributed by atoms with Crippen molar-refractivity contribution in [2.24, 2.45) is 0 Å². The van der Waals surface area contributed by atoms with Gasteiger partial charge in [0.1, 0.15) is 5.15 Å². The van der Waals surface area contributed by atoms with Gasteiger partial charge in [0, 0.05) is 6.20 Å². The molecule has 0 aliphatic heterocycles. The number of hydrogen-bond acceptors (Lipinski definition) is 4. The van der Waals surface area contributed by atoms with Gasteiger partial charge in [0.2, 0.25) is 0 Å². The Balaban J connectivity index is 2.36. The molecule has 9 heteroatoms. The Morgan fingerprint density at radius 1 is 1.19 bits per heavy atom. The minimum absolute atomic E-state index is 0.134. The molecule has 0 aliphatic rings. The van der Waals surface area contributed by atoms with Crippen LogP contribution in [0, 0.1) is 0 Å². The topological polar surface area (TPSA) is 96.4 Å². The number of halogens is 2. The molecular weight excluding hydrogens is 339 g/mol. The molecule has 0 atom stereocenters. The highest BCUT2D eigenvalue weighted by atomic mass is 35.5. The van der Waals surface area contributed by atoms with Crippen molar-refractivity contribution in [3.8, 4) is 0 Å². The van der Waals surface area contributed by atoms with E-state index >= 15 is 0 Å². The van der Waals surface area contributed by atoms with Crippen molar-refractivity contribution in [1.29, 1.82) is 0 Å². The minimum Gasteiger partial charge on any atom is -0.478 e. The first-order valence-electron chi connectivity index (χ1n) is 5.47. The normalized spacial score (nSPS) is 11.1. The molecule has 0 aliphatic carbocycles. The summed E-state index contributed by atoms with van der Waals surface area (Å²) in [5.74, 6) is -1.24. The van der Waals surface area contributed by atoms with Gasteiger partial charge in [0.05, 0.1) is 21.2 Å². The van der Waals surface area contributed by atoms with Crippen LogP contribution in [0.1, 0.15) is 10.4 Å². The fourth-order valence-electron chi connectivity index (χ4n) is 1.52. The van der Waals surface area contributed by atoms with Crippen molar-refractivity contribution in [1.82, 2.24) is 4.98 Å². The summed E-state index contributed by atoms with van der Waals surface area (Å²) in [6.07, 6.45) is 1.35. The lowest BCUT2D eigenvalue weighted by Crippen LogP contribution is -2.13. The van der Waals surface area contributed by atoms with Crippen molar-refractivity contribution < 1.29 is 18.3 Å². The molecule has 2 aromatic rings. The number of nitrogens with one attached hydrogen (secondary N) is 1. The number of rotatable bonds is 4. The van der Waals surface area contributed by atoms with Gasteiger partial charge in [-0.3, -0.25) is 4.72 Å². The lowest BCUT2D eigenvalue weighted by molar-refractivity contribution is 0.0697. The van der Waals surface area contributed by atoms with Crippen LogP contribution in [0.2, 0.25) is 10.2 Å². The van der Waals surface area contributed by atoms with Crippen molar-refractivity contribution in [2.75, 3.05) is 4.72 Å². The lowest BCUT2D eigenvalue weighted by atomic mass is 10.2. The summed E-state index contributed by atoms with van der Waals surface area (Å²) in [6, 6.07) is 6.11. The third kappa shape index (κ3) is 3.63. The number of carboxylic acid groups (broad SMARTS) is 1. The highest BCUT2D eigenvalue weighted by Gasteiger charge is 2.18. The van der Waals surface area contributed by atoms with Gasteiger partial charge in [-0.1, -0.05) is 23.2 Å². The lowest BCUT2D eigenvalue weighted by Gasteiger charge is -2.09. The van der Waals surface area contributed by atoms with Crippen LogP contribution in [0.15, 0.2) is 41.4 Å². The third-order valence-electron chi connectivity index (χ3n) is 2.46. The van der Waals surface area contributed by atoms with E-state index in [1.807, 2.05) is 0 Å². The first kappa shape index (κ1) is 15.6. The van der Waals surface area contributed by atoms with Crippen LogP contribution in [-0.2, 0) is 10.0 Å². The Bertz CT molecular complexity index is 809. The average molecular weight is 347 g/mol. The molecule has 21 heavy (non-hydrogen) atoms. The molecule has 0 bridgehead atoms. The van der Waals surface area contributed by atoms with E-state index < -0.39 is 16.0 Å². The number of aromatic nitrogens is 1. The zero-order valence-corrected chi connectivity index (χ0v) is 12.6. The zero-order chi connectivity index (χ0) is 15.6. The molecule has 1 aromatic carbocycles. The molecule has 0 saturated heterocycles. The van der Waals surface area contributed by atoms with Gasteiger partial charge < -0.3 is 5.11 Å². The van der Waals surface area contributed by atoms with Crippen molar-refractivity contribution in [3.05, 3.63) is 52.3 Å². The van der Waals surface area contributed by atoms with Gasteiger partial charge in [-0.25, -0.2) is 18.2 Å². The molecule has 0 amide bonds. The summed E-state index contributed by atoms with van der Waals surface area (Å²) in [5.41, 5.74) is 0.0519. The predicted octanol–water partition coefficient (Wildman–Crippen LogP) is 2.89. The smallest absolute Gasteiger partial charge is 0.337 e. The Morgan fingerprint density at radius 3 is 2.48 bits per heavy atom. The molecule has 0 unspecified atom stereocenters. The van der Waals surface area contributed by atoms with Crippen LogP contribution >= 0.6 is 23.2 Å². The van der Waals surface area contributed by atoms with Crippen molar-refractivity contribution in [2.45, 2.75) is 4.90 Å². The summed E-state index contributed by atoms with van der Waals surface area (Å²) in [6.45, 7) is 0. The molecule has 1 aromatic heterocycles. The van der Waals surface area contributed by atoms with E-state index in [0.29, 0.717) is 0 Å². The number of benzene rings is 1. The highest BCUT2D eigenvalue weighted by molar-refractivity contribution is 7.92. The van der Waals surface area contributed by atoms with Crippen LogP contribution in [-0.4, -0.2) is 24.5 Å². The number of carbonyl (C=O) groups is 1. The molecule has 2 N–H and O–H groups in total. The second-order valence-electron chi connectivity index (χ2n) is 3.92. The van der Waals surface area contributed by atoms with Crippen LogP contribution < -0.4 is 4.72 Å². The number of hydrogen-bond donors (Lipinski definition) is 2. The van der Waals surface area contributed by atoms with Gasteiger partial charge in [0.15, 0.2) is 0 Å². The third-order valence-corrected chi connectivity index (χ3v) is 4.36. The van der Waals surface area contributed by atoms with Crippen LogP contribution in [0.3, 0.4) is 0 Å². The predicted molar refractivity (Wildman–Crippen MR) is 78.5 cm³/mol. The second kappa shape index (κ2) is 5.88. The number of nitrogens with zero attached hydrogens (tertiary/aromatic N) is 1. The van der Waals surface area contributed by atoms with Crippen LogP contribution in [0.5, 0.6) is 0 Å². The van der Waals surface area contributed by atoms with E-state index in [1.165, 1.54) is 18.3 Å². The first-order chi connectivity index (χ1) is 9.79. The second-order valence-corrected chi connectivity index (χ2v) is 6.40. The largest absolute Gasteiger partial charge is 0.478 e. The molecule has 1 heterocycles. The zero-order valence-electron chi connectivity index (χ0n) is 10.2. The number of aromatic carboxylic acids is 1. The van der Waals surface area contributed by atoms with E-state index in [4.69, 9.17) is 28.3 Å². The number of anilines is 1. The Hall–Kier alpha value is -1.83. The van der Waals surface area contributed by atoms with Gasteiger partial charge in [-0.15, -0.1) is 0 Å². The molecule has 0 saturated carbocycles. The molecule has 2 rings (SSSR count). The summed E-state index contributed by atoms with van der Waals surface area (Å²) in [7, 11) is -3.91. The fraction of sp³-hybridized carbons (Fsp3) is 0. The molecular formula is C12H8Cl2N2O4S. The van der Waals surface area contributed by atoms with E-state index in [2.05, 4.69) is 9.71 Å². The van der Waals surface area contributed by atoms with E-state index in [9.17, 15) is 13.2 Å². The van der Waals surface area contributed by atoms with Gasteiger partial charge in [-0.05, 0) is 30.3 Å². The van der Waals surface area contributed by atoms with Crippen molar-refractivity contribution >= 4 is 44.9 Å². The number of sulfonamides is 1. The molecule has 0 spiro atoms. The SMILES string of the molecule is O=C(O)c1ccc(S(=O)(=O)Nc2ccnc(Cl)c2)cc1Cl. The van der Waals surface area contributed by atoms with E-state index in [0.717, 1.165) is 18.2 Å². The Kier molecular flexibility index (Phi) is 4.36. The van der Waals surface area contributed by atoms with Crippen LogP contribution in [0.25, 0.3) is 0 Å². The maximum atomic E-state index is 12.2. The molecule has 0 radical (unpaired) electrons. The standard InChI is InChI=1S/C12H8Cl2N2O4S/c13-10-6-8(1-2-9(10)12(17)18)21(19,20)16-7-3-4-15-11(14)5-7/h1-6H,(H,15,16)(H,17,18). The molecule has 110 valence electrons. The Morgan fingerprint density at radius 2 is 1.90 bits per heavy atom. The summed E-state index contributed by atoms with van der Waals surface area (Å²) in [5, 5.41) is 8.82. The summed E-state index contributed by atoms with van der Waals surface area (Å²) >= 11 is 11.4. The van der Waals surface area contributed by atoms with Gasteiger partial charge in [-0.2, -0.15) is 0 Å². The summed E-state index contributed by atoms with van der Waals surface area (Å²) < 4.78 is 26.6. The van der Waals surface area contributed by atoms with Gasteiger partial charge in [0.25, 0.3) is 10.0 Å². The number of pyridine rings is 1. The van der Waals surface area contributed by atoms with Crippen LogP contribution in [0.4, 0.5) is 5.69 Å². The first-order valence-corrected chi connectivity index (χ1v) is 7.71. The van der Waals surface area contributed by atoms with Crippen molar-refractivity contribution in [3.63, 3.8) is 0 Å². The minimum atomic E-state index is -3.91. The average Bonchev–Trinajstić information content (AvgIpc) is 2.37. The maximum absolute atomic E-state index is 12.2. The van der Waals surface area contributed by atoms with E-state index in [1.54, 1.807) is 0 Å². The van der Waals surface area contributed by atoms with E-state index in [-0.39, 0.29) is 26.3 Å². The molecule has 0 fully saturated rings. The quantitative estimate of drug-likeness (QED) is 0.829. The Labute approximate surface area is 130 Å².